The molecule has 8 heteroatoms. The number of aromatic nitrogens is 5. The standard InChI is InChI=1S/C15H15FN6S/c1-9-14(8-17-22-11(3)18-19-15(22)23)10(2)21(20-9)13-6-4-12(16)5-7-13/h4-8H,1-3H3,(H,19,23)/b17-8+. The van der Waals surface area contributed by atoms with Gasteiger partial charge in [-0.3, -0.25) is 5.10 Å². The number of nitrogens with zero attached hydrogens (tertiary/aromatic N) is 5. The van der Waals surface area contributed by atoms with Crippen molar-refractivity contribution in [2.75, 3.05) is 0 Å². The first-order valence-electron chi connectivity index (χ1n) is 6.98. The van der Waals surface area contributed by atoms with E-state index in [2.05, 4.69) is 20.4 Å². The maximum atomic E-state index is 13.1. The van der Waals surface area contributed by atoms with Gasteiger partial charge in [0.05, 0.1) is 23.3 Å². The summed E-state index contributed by atoms with van der Waals surface area (Å²) in [6.07, 6.45) is 1.70. The third kappa shape index (κ3) is 2.85. The second-order valence-electron chi connectivity index (χ2n) is 5.11. The minimum Gasteiger partial charge on any atom is -0.250 e. The zero-order chi connectivity index (χ0) is 16.6. The predicted octanol–water partition coefficient (Wildman–Crippen LogP) is 3.07. The molecule has 1 N–H and O–H groups in total. The minimum atomic E-state index is -0.276. The van der Waals surface area contributed by atoms with Gasteiger partial charge in [-0.1, -0.05) is 0 Å². The van der Waals surface area contributed by atoms with Crippen molar-refractivity contribution < 1.29 is 4.39 Å². The fourth-order valence-corrected chi connectivity index (χ4v) is 2.52. The smallest absolute Gasteiger partial charge is 0.216 e. The van der Waals surface area contributed by atoms with Crippen LogP contribution in [0.15, 0.2) is 29.4 Å². The number of aryl methyl sites for hydroxylation is 2. The molecule has 23 heavy (non-hydrogen) atoms. The molecule has 1 aromatic carbocycles. The van der Waals surface area contributed by atoms with Crippen LogP contribution in [0.4, 0.5) is 4.39 Å². The summed E-state index contributed by atoms with van der Waals surface area (Å²) in [5.74, 6) is 0.398. The van der Waals surface area contributed by atoms with Crippen molar-refractivity contribution in [3.05, 3.63) is 57.6 Å². The van der Waals surface area contributed by atoms with Crippen LogP contribution in [0.1, 0.15) is 22.8 Å². The Morgan fingerprint density at radius 1 is 1.22 bits per heavy atom. The van der Waals surface area contributed by atoms with E-state index in [0.29, 0.717) is 10.6 Å². The van der Waals surface area contributed by atoms with Gasteiger partial charge in [-0.15, -0.1) is 0 Å². The van der Waals surface area contributed by atoms with Gasteiger partial charge in [0.25, 0.3) is 0 Å². The Hall–Kier alpha value is -2.61. The molecule has 0 spiro atoms. The highest BCUT2D eigenvalue weighted by atomic mass is 32.1. The third-order valence-corrected chi connectivity index (χ3v) is 3.80. The van der Waals surface area contributed by atoms with Crippen LogP contribution in [0, 0.1) is 31.4 Å². The second-order valence-corrected chi connectivity index (χ2v) is 5.49. The maximum Gasteiger partial charge on any atom is 0.216 e. The largest absolute Gasteiger partial charge is 0.250 e. The molecule has 6 nitrogen and oxygen atoms in total. The molecule has 0 amide bonds. The van der Waals surface area contributed by atoms with Crippen LogP contribution in [0.25, 0.3) is 5.69 Å². The first-order valence-corrected chi connectivity index (χ1v) is 7.38. The Balaban J connectivity index is 2.01. The number of aromatic amines is 1. The van der Waals surface area contributed by atoms with Gasteiger partial charge in [0, 0.05) is 5.56 Å². The Morgan fingerprint density at radius 2 is 1.91 bits per heavy atom. The van der Waals surface area contributed by atoms with Gasteiger partial charge in [-0.25, -0.2) is 9.07 Å². The first-order chi connectivity index (χ1) is 11.0. The summed E-state index contributed by atoms with van der Waals surface area (Å²) in [6.45, 7) is 5.65. The number of hydrogen-bond donors (Lipinski definition) is 1. The van der Waals surface area contributed by atoms with Crippen molar-refractivity contribution in [1.29, 1.82) is 0 Å². The molecule has 0 saturated heterocycles. The molecule has 0 atom stereocenters. The molecule has 3 rings (SSSR count). The highest BCUT2D eigenvalue weighted by molar-refractivity contribution is 7.71. The molecule has 0 unspecified atom stereocenters. The molecule has 0 fully saturated rings. The van der Waals surface area contributed by atoms with Crippen LogP contribution < -0.4 is 0 Å². The van der Waals surface area contributed by atoms with Gasteiger partial charge in [0.1, 0.15) is 11.6 Å². The molecule has 0 radical (unpaired) electrons. The summed E-state index contributed by atoms with van der Waals surface area (Å²) in [6, 6.07) is 6.19. The monoisotopic (exact) mass is 330 g/mol. The van der Waals surface area contributed by atoms with E-state index in [-0.39, 0.29) is 5.82 Å². The molecule has 0 aliphatic carbocycles. The van der Waals surface area contributed by atoms with Crippen molar-refractivity contribution in [1.82, 2.24) is 24.7 Å². The van der Waals surface area contributed by atoms with Gasteiger partial charge in [-0.05, 0) is 57.3 Å². The van der Waals surface area contributed by atoms with Gasteiger partial charge in [-0.2, -0.15) is 20.0 Å². The van der Waals surface area contributed by atoms with Crippen molar-refractivity contribution in [2.24, 2.45) is 5.10 Å². The van der Waals surface area contributed by atoms with Crippen LogP contribution in [-0.4, -0.2) is 30.9 Å². The molecule has 0 bridgehead atoms. The number of hydrogen-bond acceptors (Lipinski definition) is 4. The molecule has 118 valence electrons. The van der Waals surface area contributed by atoms with Gasteiger partial charge in [0.2, 0.25) is 4.77 Å². The Kier molecular flexibility index (Phi) is 3.91. The molecule has 0 aliphatic rings. The van der Waals surface area contributed by atoms with Crippen LogP contribution >= 0.6 is 12.2 Å². The number of nitrogens with one attached hydrogen (secondary N) is 1. The van der Waals surface area contributed by atoms with Crippen molar-refractivity contribution in [3.63, 3.8) is 0 Å². The lowest BCUT2D eigenvalue weighted by atomic mass is 10.2. The summed E-state index contributed by atoms with van der Waals surface area (Å²) in [5.41, 5.74) is 3.41. The van der Waals surface area contributed by atoms with E-state index in [9.17, 15) is 4.39 Å². The van der Waals surface area contributed by atoms with E-state index >= 15 is 0 Å². The van der Waals surface area contributed by atoms with Crippen molar-refractivity contribution >= 4 is 18.4 Å². The first kappa shape index (κ1) is 15.3. The number of H-pyrrole nitrogens is 1. The van der Waals surface area contributed by atoms with Crippen molar-refractivity contribution in [2.45, 2.75) is 20.8 Å². The number of rotatable bonds is 3. The number of benzene rings is 1. The van der Waals surface area contributed by atoms with Gasteiger partial charge >= 0.3 is 0 Å². The highest BCUT2D eigenvalue weighted by Crippen LogP contribution is 2.17. The van der Waals surface area contributed by atoms with Gasteiger partial charge in [0.15, 0.2) is 0 Å². The fraction of sp³-hybridized carbons (Fsp3) is 0.200. The SMILES string of the molecule is Cc1nn(-c2ccc(F)cc2)c(C)c1/C=N/n1c(C)n[nH]c1=S. The van der Waals surface area contributed by atoms with Crippen LogP contribution in [0.2, 0.25) is 0 Å². The summed E-state index contributed by atoms with van der Waals surface area (Å²) in [4.78, 5) is 0. The van der Waals surface area contributed by atoms with Crippen LogP contribution in [0.5, 0.6) is 0 Å². The average molecular weight is 330 g/mol. The second kappa shape index (κ2) is 5.88. The van der Waals surface area contributed by atoms with E-state index in [0.717, 1.165) is 22.6 Å². The normalized spacial score (nSPS) is 11.5. The lowest BCUT2D eigenvalue weighted by Gasteiger charge is -2.04. The highest BCUT2D eigenvalue weighted by Gasteiger charge is 2.11. The maximum absolute atomic E-state index is 13.1. The van der Waals surface area contributed by atoms with E-state index in [1.54, 1.807) is 27.7 Å². The number of halogens is 1. The Morgan fingerprint density at radius 3 is 2.52 bits per heavy atom. The summed E-state index contributed by atoms with van der Waals surface area (Å²) in [5, 5.41) is 15.6. The summed E-state index contributed by atoms with van der Waals surface area (Å²) >= 11 is 5.12. The summed E-state index contributed by atoms with van der Waals surface area (Å²) in [7, 11) is 0. The van der Waals surface area contributed by atoms with E-state index in [1.165, 1.54) is 12.1 Å². The fourth-order valence-electron chi connectivity index (χ4n) is 2.30. The predicted molar refractivity (Wildman–Crippen MR) is 88.1 cm³/mol. The third-order valence-electron chi connectivity index (χ3n) is 3.53. The average Bonchev–Trinajstić information content (AvgIpc) is 2.99. The zero-order valence-corrected chi connectivity index (χ0v) is 13.7. The molecular weight excluding hydrogens is 315 g/mol. The van der Waals surface area contributed by atoms with Crippen molar-refractivity contribution in [3.8, 4) is 5.69 Å². The molecule has 0 aliphatic heterocycles. The Bertz CT molecular complexity index is 932. The lowest BCUT2D eigenvalue weighted by Crippen LogP contribution is -2.00. The van der Waals surface area contributed by atoms with Crippen LogP contribution in [0.3, 0.4) is 0 Å². The minimum absolute atomic E-state index is 0.276. The Labute approximate surface area is 137 Å². The molecule has 0 saturated carbocycles. The lowest BCUT2D eigenvalue weighted by molar-refractivity contribution is 0.627. The molecule has 2 aromatic heterocycles. The van der Waals surface area contributed by atoms with Crippen LogP contribution in [-0.2, 0) is 0 Å². The van der Waals surface area contributed by atoms with E-state index < -0.39 is 0 Å². The molecular formula is C15H15FN6S. The summed E-state index contributed by atoms with van der Waals surface area (Å²) < 4.78 is 16.8. The van der Waals surface area contributed by atoms with Gasteiger partial charge < -0.3 is 0 Å². The van der Waals surface area contributed by atoms with E-state index in [4.69, 9.17) is 12.2 Å². The zero-order valence-electron chi connectivity index (χ0n) is 12.9. The quantitative estimate of drug-likeness (QED) is 0.593. The van der Waals surface area contributed by atoms with E-state index in [1.807, 2.05) is 20.8 Å². The molecule has 3 aromatic rings. The molecule has 2 heterocycles. The topological polar surface area (TPSA) is 63.8 Å².